The number of carbonyl (C=O) groups is 2. The van der Waals surface area contributed by atoms with Crippen LogP contribution < -0.4 is 5.32 Å². The van der Waals surface area contributed by atoms with E-state index in [4.69, 9.17) is 16.3 Å². The zero-order valence-electron chi connectivity index (χ0n) is 13.8. The van der Waals surface area contributed by atoms with E-state index in [0.29, 0.717) is 11.3 Å². The molecule has 0 spiro atoms. The first-order chi connectivity index (χ1) is 12.6. The second-order valence-electron chi connectivity index (χ2n) is 5.29. The van der Waals surface area contributed by atoms with E-state index in [0.717, 1.165) is 5.69 Å². The van der Waals surface area contributed by atoms with Gasteiger partial charge in [-0.25, -0.2) is 4.79 Å². The second kappa shape index (κ2) is 7.79. The van der Waals surface area contributed by atoms with Crippen molar-refractivity contribution >= 4 is 29.2 Å². The molecule has 8 heteroatoms. The van der Waals surface area contributed by atoms with E-state index in [2.05, 4.69) is 15.5 Å². The lowest BCUT2D eigenvalue weighted by atomic mass is 10.1. The number of esters is 1. The minimum absolute atomic E-state index is 0.203. The summed E-state index contributed by atoms with van der Waals surface area (Å²) < 4.78 is 6.68. The molecule has 0 bridgehead atoms. The van der Waals surface area contributed by atoms with Gasteiger partial charge in [-0.1, -0.05) is 11.6 Å². The summed E-state index contributed by atoms with van der Waals surface area (Å²) >= 11 is 6.02. The standard InChI is InChI=1S/C18H15ClN4O3/c1-2-26-18(25)15-9-13(5-8-16(15)19)22-17(24)12-3-6-14(7-4-12)23-10-20-21-11-23/h3-11H,2H2,1H3,(H,22,24). The second-order valence-corrected chi connectivity index (χ2v) is 5.69. The summed E-state index contributed by atoms with van der Waals surface area (Å²) in [4.78, 5) is 24.3. The number of halogens is 1. The van der Waals surface area contributed by atoms with Gasteiger partial charge in [0.15, 0.2) is 0 Å². The molecule has 132 valence electrons. The molecule has 0 fully saturated rings. The number of aromatic nitrogens is 3. The molecule has 1 amide bonds. The molecule has 0 saturated heterocycles. The number of hydrogen-bond acceptors (Lipinski definition) is 5. The summed E-state index contributed by atoms with van der Waals surface area (Å²) in [6, 6.07) is 11.6. The third-order valence-electron chi connectivity index (χ3n) is 3.57. The Labute approximate surface area is 154 Å². The van der Waals surface area contributed by atoms with Crippen molar-refractivity contribution in [2.45, 2.75) is 6.92 Å². The van der Waals surface area contributed by atoms with Gasteiger partial charge in [-0.3, -0.25) is 9.36 Å². The highest BCUT2D eigenvalue weighted by Gasteiger charge is 2.14. The Morgan fingerprint density at radius 2 is 1.81 bits per heavy atom. The number of amides is 1. The van der Waals surface area contributed by atoms with Crippen molar-refractivity contribution in [2.24, 2.45) is 0 Å². The van der Waals surface area contributed by atoms with Crippen molar-refractivity contribution < 1.29 is 14.3 Å². The summed E-state index contributed by atoms with van der Waals surface area (Å²) in [5, 5.41) is 10.5. The molecular weight excluding hydrogens is 356 g/mol. The highest BCUT2D eigenvalue weighted by atomic mass is 35.5. The van der Waals surface area contributed by atoms with Crippen molar-refractivity contribution in [3.05, 3.63) is 71.3 Å². The van der Waals surface area contributed by atoms with Crippen molar-refractivity contribution in [1.82, 2.24) is 14.8 Å². The molecule has 0 aliphatic heterocycles. The first-order valence-electron chi connectivity index (χ1n) is 7.81. The van der Waals surface area contributed by atoms with Gasteiger partial charge in [0, 0.05) is 16.9 Å². The van der Waals surface area contributed by atoms with E-state index in [-0.39, 0.29) is 23.1 Å². The average Bonchev–Trinajstić information content (AvgIpc) is 3.18. The van der Waals surface area contributed by atoms with E-state index >= 15 is 0 Å². The van der Waals surface area contributed by atoms with Gasteiger partial charge in [0.1, 0.15) is 12.7 Å². The molecule has 0 unspecified atom stereocenters. The summed E-state index contributed by atoms with van der Waals surface area (Å²) in [7, 11) is 0. The number of carbonyl (C=O) groups excluding carboxylic acids is 2. The summed E-state index contributed by atoms with van der Waals surface area (Å²) in [5.41, 5.74) is 1.96. The largest absolute Gasteiger partial charge is 0.462 e. The minimum Gasteiger partial charge on any atom is -0.462 e. The van der Waals surface area contributed by atoms with Gasteiger partial charge < -0.3 is 10.1 Å². The van der Waals surface area contributed by atoms with Crippen LogP contribution in [-0.2, 0) is 4.74 Å². The molecule has 26 heavy (non-hydrogen) atoms. The molecule has 1 heterocycles. The summed E-state index contributed by atoms with van der Waals surface area (Å²) in [5.74, 6) is -0.843. The SMILES string of the molecule is CCOC(=O)c1cc(NC(=O)c2ccc(-n3cnnc3)cc2)ccc1Cl. The quantitative estimate of drug-likeness (QED) is 0.696. The van der Waals surface area contributed by atoms with Gasteiger partial charge in [0.05, 0.1) is 17.2 Å². The van der Waals surface area contributed by atoms with Crippen LogP contribution >= 0.6 is 11.6 Å². The molecule has 1 N–H and O–H groups in total. The van der Waals surface area contributed by atoms with Gasteiger partial charge in [0.25, 0.3) is 5.91 Å². The van der Waals surface area contributed by atoms with Crippen LogP contribution in [-0.4, -0.2) is 33.2 Å². The maximum Gasteiger partial charge on any atom is 0.339 e. The number of rotatable bonds is 5. The summed E-state index contributed by atoms with van der Waals surface area (Å²) in [6.45, 7) is 1.95. The number of benzene rings is 2. The van der Waals surface area contributed by atoms with Gasteiger partial charge in [-0.05, 0) is 49.4 Å². The van der Waals surface area contributed by atoms with Crippen molar-refractivity contribution in [3.63, 3.8) is 0 Å². The average molecular weight is 371 g/mol. The van der Waals surface area contributed by atoms with Crippen LogP contribution in [0.25, 0.3) is 5.69 Å². The lowest BCUT2D eigenvalue weighted by Gasteiger charge is -2.09. The smallest absolute Gasteiger partial charge is 0.339 e. The van der Waals surface area contributed by atoms with Gasteiger partial charge >= 0.3 is 5.97 Å². The molecule has 7 nitrogen and oxygen atoms in total. The van der Waals surface area contributed by atoms with Gasteiger partial charge in [-0.15, -0.1) is 10.2 Å². The van der Waals surface area contributed by atoms with Crippen LogP contribution in [0.15, 0.2) is 55.1 Å². The monoisotopic (exact) mass is 370 g/mol. The fourth-order valence-corrected chi connectivity index (χ4v) is 2.49. The van der Waals surface area contributed by atoms with Crippen molar-refractivity contribution in [3.8, 4) is 5.69 Å². The Morgan fingerprint density at radius 3 is 2.46 bits per heavy atom. The third kappa shape index (κ3) is 3.89. The highest BCUT2D eigenvalue weighted by Crippen LogP contribution is 2.22. The first kappa shape index (κ1) is 17.6. The first-order valence-corrected chi connectivity index (χ1v) is 8.19. The van der Waals surface area contributed by atoms with E-state index in [1.54, 1.807) is 60.5 Å². The molecule has 3 rings (SSSR count). The number of hydrogen-bond donors (Lipinski definition) is 1. The van der Waals surface area contributed by atoms with Crippen molar-refractivity contribution in [2.75, 3.05) is 11.9 Å². The highest BCUT2D eigenvalue weighted by molar-refractivity contribution is 6.33. The van der Waals surface area contributed by atoms with E-state index < -0.39 is 5.97 Å². The fourth-order valence-electron chi connectivity index (χ4n) is 2.29. The molecule has 0 atom stereocenters. The van der Waals surface area contributed by atoms with Gasteiger partial charge in [-0.2, -0.15) is 0 Å². The molecule has 3 aromatic rings. The lowest BCUT2D eigenvalue weighted by molar-refractivity contribution is 0.0526. The van der Waals surface area contributed by atoms with Crippen LogP contribution in [0.3, 0.4) is 0 Å². The number of anilines is 1. The molecular formula is C18H15ClN4O3. The minimum atomic E-state index is -0.535. The maximum atomic E-state index is 12.4. The molecule has 0 saturated carbocycles. The van der Waals surface area contributed by atoms with Gasteiger partial charge in [0.2, 0.25) is 0 Å². The van der Waals surface area contributed by atoms with Crippen LogP contribution in [0.1, 0.15) is 27.6 Å². The van der Waals surface area contributed by atoms with E-state index in [9.17, 15) is 9.59 Å². The van der Waals surface area contributed by atoms with Crippen LogP contribution in [0.2, 0.25) is 5.02 Å². The molecule has 2 aromatic carbocycles. The number of ether oxygens (including phenoxy) is 1. The van der Waals surface area contributed by atoms with E-state index in [1.807, 2.05) is 0 Å². The predicted octanol–water partition coefficient (Wildman–Crippen LogP) is 3.35. The Morgan fingerprint density at radius 1 is 1.12 bits per heavy atom. The Hall–Kier alpha value is -3.19. The predicted molar refractivity (Wildman–Crippen MR) is 96.7 cm³/mol. The lowest BCUT2D eigenvalue weighted by Crippen LogP contribution is -2.13. The fraction of sp³-hybridized carbons (Fsp3) is 0.111. The zero-order valence-corrected chi connectivity index (χ0v) is 14.6. The third-order valence-corrected chi connectivity index (χ3v) is 3.90. The Bertz CT molecular complexity index is 924. The molecule has 0 aliphatic carbocycles. The molecule has 1 aromatic heterocycles. The van der Waals surface area contributed by atoms with Crippen LogP contribution in [0, 0.1) is 0 Å². The van der Waals surface area contributed by atoms with Crippen LogP contribution in [0.5, 0.6) is 0 Å². The normalized spacial score (nSPS) is 10.4. The number of nitrogens with one attached hydrogen (secondary N) is 1. The Balaban J connectivity index is 1.75. The maximum absolute atomic E-state index is 12.4. The number of nitrogens with zero attached hydrogens (tertiary/aromatic N) is 3. The van der Waals surface area contributed by atoms with Crippen LogP contribution in [0.4, 0.5) is 5.69 Å². The Kier molecular flexibility index (Phi) is 5.28. The van der Waals surface area contributed by atoms with Crippen molar-refractivity contribution in [1.29, 1.82) is 0 Å². The molecule has 0 radical (unpaired) electrons. The zero-order chi connectivity index (χ0) is 18.5. The molecule has 0 aliphatic rings. The summed E-state index contributed by atoms with van der Waals surface area (Å²) in [6.07, 6.45) is 3.14. The van der Waals surface area contributed by atoms with E-state index in [1.165, 1.54) is 6.07 Å². The topological polar surface area (TPSA) is 86.1 Å².